The van der Waals surface area contributed by atoms with Crippen molar-refractivity contribution in [2.24, 2.45) is 0 Å². The number of hydrogen-bond donors (Lipinski definition) is 1. The summed E-state index contributed by atoms with van der Waals surface area (Å²) in [6.45, 7) is 1.96. The highest BCUT2D eigenvalue weighted by atomic mass is 15.3. The average molecular weight is 252 g/mol. The lowest BCUT2D eigenvalue weighted by Gasteiger charge is -2.07. The predicted molar refractivity (Wildman–Crippen MR) is 71.5 cm³/mol. The molecule has 19 heavy (non-hydrogen) atoms. The topological polar surface area (TPSA) is 82.5 Å². The molecule has 0 radical (unpaired) electrons. The molecule has 6 heteroatoms. The molecule has 0 aromatic carbocycles. The summed E-state index contributed by atoms with van der Waals surface area (Å²) in [4.78, 5) is 13.0. The molecular formula is C13H12N6. The second-order valence-electron chi connectivity index (χ2n) is 4.09. The van der Waals surface area contributed by atoms with E-state index < -0.39 is 0 Å². The van der Waals surface area contributed by atoms with E-state index in [0.717, 1.165) is 11.3 Å². The maximum atomic E-state index is 5.83. The first-order valence-corrected chi connectivity index (χ1v) is 5.80. The van der Waals surface area contributed by atoms with Gasteiger partial charge in [-0.05, 0) is 24.6 Å². The largest absolute Gasteiger partial charge is 0.384 e. The number of nitrogens with two attached hydrogens (primary N) is 1. The minimum Gasteiger partial charge on any atom is -0.384 e. The van der Waals surface area contributed by atoms with Gasteiger partial charge in [0, 0.05) is 24.7 Å². The molecule has 94 valence electrons. The normalized spacial score (nSPS) is 10.6. The lowest BCUT2D eigenvalue weighted by Crippen LogP contribution is -2.05. The van der Waals surface area contributed by atoms with E-state index in [0.29, 0.717) is 17.5 Å². The van der Waals surface area contributed by atoms with Gasteiger partial charge in [-0.25, -0.2) is 14.6 Å². The van der Waals surface area contributed by atoms with Gasteiger partial charge in [-0.3, -0.25) is 4.98 Å². The quantitative estimate of drug-likeness (QED) is 0.749. The van der Waals surface area contributed by atoms with Crippen LogP contribution >= 0.6 is 0 Å². The minimum atomic E-state index is 0.389. The molecule has 0 aliphatic heterocycles. The van der Waals surface area contributed by atoms with Crippen LogP contribution in [0.3, 0.4) is 0 Å². The summed E-state index contributed by atoms with van der Waals surface area (Å²) in [5.74, 6) is 1.52. The first-order valence-electron chi connectivity index (χ1n) is 5.80. The Hall–Kier alpha value is -2.76. The molecular weight excluding hydrogens is 240 g/mol. The van der Waals surface area contributed by atoms with E-state index in [1.165, 1.54) is 0 Å². The van der Waals surface area contributed by atoms with Crippen LogP contribution in [0.5, 0.6) is 0 Å². The van der Waals surface area contributed by atoms with Gasteiger partial charge in [-0.1, -0.05) is 6.07 Å². The van der Waals surface area contributed by atoms with E-state index in [1.54, 1.807) is 29.3 Å². The van der Waals surface area contributed by atoms with Crippen molar-refractivity contribution in [3.05, 3.63) is 48.4 Å². The molecule has 6 nitrogen and oxygen atoms in total. The zero-order valence-electron chi connectivity index (χ0n) is 10.4. The smallest absolute Gasteiger partial charge is 0.182 e. The van der Waals surface area contributed by atoms with Gasteiger partial charge in [0.05, 0.1) is 0 Å². The van der Waals surface area contributed by atoms with Crippen LogP contribution in [-0.4, -0.2) is 24.7 Å². The first kappa shape index (κ1) is 11.3. The fraction of sp³-hybridized carbons (Fsp3) is 0.0769. The van der Waals surface area contributed by atoms with Gasteiger partial charge < -0.3 is 5.73 Å². The maximum absolute atomic E-state index is 5.83. The molecule has 3 heterocycles. The van der Waals surface area contributed by atoms with Crippen molar-refractivity contribution >= 4 is 5.82 Å². The zero-order valence-corrected chi connectivity index (χ0v) is 10.4. The maximum Gasteiger partial charge on any atom is 0.182 e. The molecule has 3 aromatic rings. The molecule has 0 saturated carbocycles. The van der Waals surface area contributed by atoms with Crippen molar-refractivity contribution in [3.8, 4) is 17.3 Å². The Balaban J connectivity index is 2.16. The number of pyridine rings is 1. The van der Waals surface area contributed by atoms with Crippen molar-refractivity contribution in [2.45, 2.75) is 6.92 Å². The summed E-state index contributed by atoms with van der Waals surface area (Å²) in [6.07, 6.45) is 5.20. The van der Waals surface area contributed by atoms with Crippen LogP contribution in [0.25, 0.3) is 17.3 Å². The number of anilines is 1. The second kappa shape index (κ2) is 4.49. The third kappa shape index (κ3) is 2.15. The van der Waals surface area contributed by atoms with Crippen LogP contribution in [-0.2, 0) is 0 Å². The lowest BCUT2D eigenvalue weighted by molar-refractivity contribution is 0.842. The van der Waals surface area contributed by atoms with Crippen LogP contribution in [0, 0.1) is 6.92 Å². The van der Waals surface area contributed by atoms with Crippen LogP contribution in [0.1, 0.15) is 5.56 Å². The molecule has 0 saturated heterocycles. The van der Waals surface area contributed by atoms with Crippen molar-refractivity contribution in [1.29, 1.82) is 0 Å². The van der Waals surface area contributed by atoms with E-state index in [4.69, 9.17) is 5.73 Å². The van der Waals surface area contributed by atoms with Gasteiger partial charge in [-0.15, -0.1) is 0 Å². The van der Waals surface area contributed by atoms with Crippen LogP contribution in [0.15, 0.2) is 42.9 Å². The summed E-state index contributed by atoms with van der Waals surface area (Å²) in [7, 11) is 0. The predicted octanol–water partition coefficient (Wildman–Crippen LogP) is 1.61. The zero-order chi connectivity index (χ0) is 13.2. The summed E-state index contributed by atoms with van der Waals surface area (Å²) >= 11 is 0. The van der Waals surface area contributed by atoms with Crippen LogP contribution in [0.4, 0.5) is 5.82 Å². The van der Waals surface area contributed by atoms with Gasteiger partial charge in [0.2, 0.25) is 0 Å². The third-order valence-corrected chi connectivity index (χ3v) is 2.69. The molecule has 0 bridgehead atoms. The minimum absolute atomic E-state index is 0.389. The molecule has 0 spiro atoms. The summed E-state index contributed by atoms with van der Waals surface area (Å²) in [5.41, 5.74) is 7.56. The standard InChI is InChI=1S/C13H12N6/c1-9-4-2-5-15-12(9)13-17-10(14)8-11(18-13)19-7-3-6-16-19/h2-8H,1H3,(H2,14,17,18). The molecule has 3 rings (SSSR count). The molecule has 2 N–H and O–H groups in total. The van der Waals surface area contributed by atoms with Gasteiger partial charge >= 0.3 is 0 Å². The summed E-state index contributed by atoms with van der Waals surface area (Å²) in [5, 5.41) is 4.14. The number of nitrogen functional groups attached to an aromatic ring is 1. The highest BCUT2D eigenvalue weighted by Gasteiger charge is 2.10. The first-order chi connectivity index (χ1) is 9.24. The Morgan fingerprint density at radius 3 is 2.79 bits per heavy atom. The van der Waals surface area contributed by atoms with E-state index in [1.807, 2.05) is 25.1 Å². The molecule has 0 amide bonds. The van der Waals surface area contributed by atoms with E-state index in [2.05, 4.69) is 20.1 Å². The Kier molecular flexibility index (Phi) is 2.68. The Labute approximate surface area is 110 Å². The van der Waals surface area contributed by atoms with Gasteiger partial charge in [0.15, 0.2) is 11.6 Å². The van der Waals surface area contributed by atoms with Crippen molar-refractivity contribution in [1.82, 2.24) is 24.7 Å². The summed E-state index contributed by atoms with van der Waals surface area (Å²) < 4.78 is 1.64. The average Bonchev–Trinajstić information content (AvgIpc) is 2.92. The lowest BCUT2D eigenvalue weighted by atomic mass is 10.2. The molecule has 0 atom stereocenters. The number of hydrogen-bond acceptors (Lipinski definition) is 5. The Bertz CT molecular complexity index is 705. The van der Waals surface area contributed by atoms with Crippen LogP contribution < -0.4 is 5.73 Å². The second-order valence-corrected chi connectivity index (χ2v) is 4.09. The molecule has 0 aliphatic carbocycles. The fourth-order valence-corrected chi connectivity index (χ4v) is 1.80. The number of aromatic nitrogens is 5. The van der Waals surface area contributed by atoms with Gasteiger partial charge in [-0.2, -0.15) is 5.10 Å². The Morgan fingerprint density at radius 2 is 2.05 bits per heavy atom. The highest BCUT2D eigenvalue weighted by molar-refractivity contribution is 5.57. The van der Waals surface area contributed by atoms with E-state index >= 15 is 0 Å². The van der Waals surface area contributed by atoms with E-state index in [9.17, 15) is 0 Å². The Morgan fingerprint density at radius 1 is 1.16 bits per heavy atom. The summed E-state index contributed by atoms with van der Waals surface area (Å²) in [6, 6.07) is 7.33. The van der Waals surface area contributed by atoms with Gasteiger partial charge in [0.1, 0.15) is 11.5 Å². The van der Waals surface area contributed by atoms with Crippen molar-refractivity contribution in [3.63, 3.8) is 0 Å². The fourth-order valence-electron chi connectivity index (χ4n) is 1.80. The van der Waals surface area contributed by atoms with Crippen molar-refractivity contribution in [2.75, 3.05) is 5.73 Å². The molecule has 3 aromatic heterocycles. The molecule has 0 unspecified atom stereocenters. The molecule has 0 fully saturated rings. The van der Waals surface area contributed by atoms with E-state index in [-0.39, 0.29) is 0 Å². The highest BCUT2D eigenvalue weighted by Crippen LogP contribution is 2.19. The van der Waals surface area contributed by atoms with Crippen molar-refractivity contribution < 1.29 is 0 Å². The van der Waals surface area contributed by atoms with Crippen LogP contribution in [0.2, 0.25) is 0 Å². The molecule has 0 aliphatic rings. The third-order valence-electron chi connectivity index (χ3n) is 2.69. The SMILES string of the molecule is Cc1cccnc1-c1nc(N)cc(-n2cccn2)n1. The monoisotopic (exact) mass is 252 g/mol. The number of aryl methyl sites for hydroxylation is 1. The number of nitrogens with zero attached hydrogens (tertiary/aromatic N) is 5. The van der Waals surface area contributed by atoms with Gasteiger partial charge in [0.25, 0.3) is 0 Å². The number of rotatable bonds is 2.